The van der Waals surface area contributed by atoms with Gasteiger partial charge in [0.15, 0.2) is 0 Å². The molecule has 0 aliphatic carbocycles. The first-order valence-corrected chi connectivity index (χ1v) is 10.4. The Morgan fingerprint density at radius 2 is 2.00 bits per heavy atom. The lowest BCUT2D eigenvalue weighted by atomic mass is 9.99. The van der Waals surface area contributed by atoms with Crippen LogP contribution in [0.25, 0.3) is 16.6 Å². The minimum atomic E-state index is -0.680. The van der Waals surface area contributed by atoms with E-state index in [2.05, 4.69) is 27.7 Å². The fourth-order valence-corrected chi connectivity index (χ4v) is 4.07. The molecule has 2 aromatic heterocycles. The number of β-amino-alcohol motifs (C(OH)–C–C–N with tert-alkyl or cyclic N) is 1. The zero-order chi connectivity index (χ0) is 22.0. The average molecular weight is 421 g/mol. The molecule has 7 heteroatoms. The zero-order valence-corrected chi connectivity index (χ0v) is 17.9. The van der Waals surface area contributed by atoms with Gasteiger partial charge in [-0.05, 0) is 61.2 Å². The minimum absolute atomic E-state index is 0.410. The lowest BCUT2D eigenvalue weighted by Gasteiger charge is -2.31. The topological polar surface area (TPSA) is 90.6 Å². The largest absolute Gasteiger partial charge is 0.389 e. The van der Waals surface area contributed by atoms with Gasteiger partial charge in [-0.3, -0.25) is 14.9 Å². The lowest BCUT2D eigenvalue weighted by molar-refractivity contribution is 0.0397. The first-order valence-electron chi connectivity index (χ1n) is 10.4. The number of carbonyl (C=O) groups excluding carboxylic acids is 1. The quantitative estimate of drug-likeness (QED) is 0.421. The van der Waals surface area contributed by atoms with Crippen molar-refractivity contribution in [1.29, 1.82) is 0 Å². The summed E-state index contributed by atoms with van der Waals surface area (Å²) in [6.45, 7) is 6.76. The number of aromatic nitrogens is 2. The Balaban J connectivity index is 1.48. The van der Waals surface area contributed by atoms with Crippen LogP contribution >= 0.6 is 0 Å². The molecule has 0 bridgehead atoms. The van der Waals surface area contributed by atoms with Crippen LogP contribution < -0.4 is 5.48 Å². The molecule has 3 heterocycles. The zero-order valence-electron chi connectivity index (χ0n) is 17.9. The van der Waals surface area contributed by atoms with Gasteiger partial charge in [-0.1, -0.05) is 18.2 Å². The SMILES string of the molecule is CC(C)(O)CN1CC=C(c2cnc3c(ccn3Cc3ccc(C(=O)NO)cc3)c2)CC1. The van der Waals surface area contributed by atoms with Gasteiger partial charge >= 0.3 is 0 Å². The van der Waals surface area contributed by atoms with E-state index in [9.17, 15) is 9.90 Å². The van der Waals surface area contributed by atoms with Crippen molar-refractivity contribution in [2.24, 2.45) is 0 Å². The summed E-state index contributed by atoms with van der Waals surface area (Å²) < 4.78 is 2.08. The van der Waals surface area contributed by atoms with Crippen molar-refractivity contribution in [3.8, 4) is 0 Å². The van der Waals surface area contributed by atoms with Crippen molar-refractivity contribution >= 4 is 22.5 Å². The van der Waals surface area contributed by atoms with Crippen LogP contribution in [-0.2, 0) is 6.54 Å². The number of pyridine rings is 1. The number of aliphatic hydroxyl groups is 1. The molecule has 1 aliphatic heterocycles. The van der Waals surface area contributed by atoms with Gasteiger partial charge in [-0.15, -0.1) is 0 Å². The molecule has 31 heavy (non-hydrogen) atoms. The van der Waals surface area contributed by atoms with Crippen LogP contribution in [0.1, 0.15) is 41.8 Å². The van der Waals surface area contributed by atoms with Gasteiger partial charge in [0.2, 0.25) is 0 Å². The molecular weight excluding hydrogens is 392 g/mol. The molecule has 0 atom stereocenters. The first-order chi connectivity index (χ1) is 14.8. The Bertz CT molecular complexity index is 1110. The summed E-state index contributed by atoms with van der Waals surface area (Å²) >= 11 is 0. The Kier molecular flexibility index (Phi) is 5.91. The van der Waals surface area contributed by atoms with Crippen molar-refractivity contribution in [3.05, 3.63) is 71.6 Å². The van der Waals surface area contributed by atoms with Crippen molar-refractivity contribution in [1.82, 2.24) is 19.9 Å². The number of nitrogens with zero attached hydrogens (tertiary/aromatic N) is 3. The van der Waals surface area contributed by atoms with Crippen molar-refractivity contribution in [2.75, 3.05) is 19.6 Å². The number of amides is 1. The van der Waals surface area contributed by atoms with Crippen LogP contribution in [0.3, 0.4) is 0 Å². The van der Waals surface area contributed by atoms with E-state index < -0.39 is 11.5 Å². The summed E-state index contributed by atoms with van der Waals surface area (Å²) in [7, 11) is 0. The van der Waals surface area contributed by atoms with Crippen LogP contribution in [0, 0.1) is 0 Å². The van der Waals surface area contributed by atoms with Gasteiger partial charge in [-0.25, -0.2) is 10.5 Å². The van der Waals surface area contributed by atoms with E-state index >= 15 is 0 Å². The van der Waals surface area contributed by atoms with E-state index in [4.69, 9.17) is 10.2 Å². The molecule has 0 radical (unpaired) electrons. The lowest BCUT2D eigenvalue weighted by Crippen LogP contribution is -2.40. The Hall–Kier alpha value is -3.00. The molecular formula is C24H28N4O3. The molecule has 3 N–H and O–H groups in total. The third-order valence-corrected chi connectivity index (χ3v) is 5.55. The molecule has 1 aliphatic rings. The average Bonchev–Trinajstić information content (AvgIpc) is 3.15. The Morgan fingerprint density at radius 1 is 1.23 bits per heavy atom. The van der Waals surface area contributed by atoms with Gasteiger partial charge < -0.3 is 9.67 Å². The number of hydroxylamine groups is 1. The first kappa shape index (κ1) is 21.2. The fraction of sp³-hybridized carbons (Fsp3) is 0.333. The summed E-state index contributed by atoms with van der Waals surface area (Å²) in [5.41, 5.74) is 5.78. The molecule has 7 nitrogen and oxygen atoms in total. The Morgan fingerprint density at radius 3 is 2.65 bits per heavy atom. The molecule has 0 unspecified atom stereocenters. The number of fused-ring (bicyclic) bond motifs is 1. The highest BCUT2D eigenvalue weighted by atomic mass is 16.5. The molecule has 0 saturated heterocycles. The van der Waals surface area contributed by atoms with E-state index in [1.54, 1.807) is 17.6 Å². The Labute approximate surface area is 181 Å². The highest BCUT2D eigenvalue weighted by Gasteiger charge is 2.20. The second-order valence-corrected chi connectivity index (χ2v) is 8.75. The van der Waals surface area contributed by atoms with Crippen molar-refractivity contribution < 1.29 is 15.1 Å². The van der Waals surface area contributed by atoms with Crippen molar-refractivity contribution in [3.63, 3.8) is 0 Å². The molecule has 1 amide bonds. The standard InChI is InChI=1S/C24H28N4O3/c1-24(2,30)16-27-10-7-18(8-11-27)21-13-20-9-12-28(22(20)25-14-21)15-17-3-5-19(6-4-17)23(29)26-31/h3-7,9,12-14,30-31H,8,10-11,15-16H2,1-2H3,(H,26,29). The third kappa shape index (κ3) is 5.02. The highest BCUT2D eigenvalue weighted by Crippen LogP contribution is 2.26. The summed E-state index contributed by atoms with van der Waals surface area (Å²) in [6, 6.07) is 11.4. The molecule has 162 valence electrons. The second-order valence-electron chi connectivity index (χ2n) is 8.75. The normalized spacial score (nSPS) is 15.2. The number of hydrogen-bond acceptors (Lipinski definition) is 5. The van der Waals surface area contributed by atoms with Gasteiger partial charge in [0.25, 0.3) is 5.91 Å². The van der Waals surface area contributed by atoms with E-state index in [0.717, 1.165) is 41.7 Å². The monoisotopic (exact) mass is 420 g/mol. The van der Waals surface area contributed by atoms with E-state index in [-0.39, 0.29) is 0 Å². The summed E-state index contributed by atoms with van der Waals surface area (Å²) in [5, 5.41) is 19.8. The molecule has 3 aromatic rings. The van der Waals surface area contributed by atoms with Gasteiger partial charge in [0.05, 0.1) is 5.60 Å². The smallest absolute Gasteiger partial charge is 0.274 e. The predicted octanol–water partition coefficient (Wildman–Crippen LogP) is 3.06. The second kappa shape index (κ2) is 8.63. The predicted molar refractivity (Wildman–Crippen MR) is 120 cm³/mol. The van der Waals surface area contributed by atoms with Gasteiger partial charge in [0.1, 0.15) is 5.65 Å². The van der Waals surface area contributed by atoms with Crippen LogP contribution in [0.4, 0.5) is 0 Å². The number of benzene rings is 1. The highest BCUT2D eigenvalue weighted by molar-refractivity contribution is 5.93. The molecule has 0 fully saturated rings. The summed E-state index contributed by atoms with van der Waals surface area (Å²) in [4.78, 5) is 18.4. The maximum absolute atomic E-state index is 11.5. The number of carbonyl (C=O) groups is 1. The van der Waals surface area contributed by atoms with Crippen LogP contribution in [0.5, 0.6) is 0 Å². The maximum atomic E-state index is 11.5. The number of hydrogen-bond donors (Lipinski definition) is 3. The van der Waals surface area contributed by atoms with E-state index in [1.165, 1.54) is 5.57 Å². The summed E-state index contributed by atoms with van der Waals surface area (Å²) in [6.07, 6.45) is 7.14. The molecule has 0 spiro atoms. The number of rotatable bonds is 6. The van der Waals surface area contributed by atoms with E-state index in [0.29, 0.717) is 18.7 Å². The minimum Gasteiger partial charge on any atom is -0.389 e. The van der Waals surface area contributed by atoms with Gasteiger partial charge in [-0.2, -0.15) is 0 Å². The van der Waals surface area contributed by atoms with Crippen LogP contribution in [-0.4, -0.2) is 55.9 Å². The molecule has 4 rings (SSSR count). The molecule has 0 saturated carbocycles. The third-order valence-electron chi connectivity index (χ3n) is 5.55. The fourth-order valence-electron chi connectivity index (χ4n) is 4.07. The molecule has 1 aromatic carbocycles. The summed E-state index contributed by atoms with van der Waals surface area (Å²) in [5.74, 6) is -0.521. The maximum Gasteiger partial charge on any atom is 0.274 e. The number of nitrogens with one attached hydrogen (secondary N) is 1. The van der Waals surface area contributed by atoms with E-state index in [1.807, 2.05) is 38.4 Å². The van der Waals surface area contributed by atoms with Crippen LogP contribution in [0.15, 0.2) is 54.9 Å². The van der Waals surface area contributed by atoms with Crippen LogP contribution in [0.2, 0.25) is 0 Å². The van der Waals surface area contributed by atoms with Crippen molar-refractivity contribution in [2.45, 2.75) is 32.4 Å². The van der Waals surface area contributed by atoms with Gasteiger partial charge in [0, 0.05) is 49.5 Å².